The summed E-state index contributed by atoms with van der Waals surface area (Å²) in [6.45, 7) is 3.15. The van der Waals surface area contributed by atoms with Crippen LogP contribution in [0.4, 0.5) is 0 Å². The Bertz CT molecular complexity index is 593. The van der Waals surface area contributed by atoms with Crippen LogP contribution in [0.5, 0.6) is 0 Å². The van der Waals surface area contributed by atoms with Crippen LogP contribution in [0.15, 0.2) is 54.6 Å². The fourth-order valence-electron chi connectivity index (χ4n) is 2.37. The van der Waals surface area contributed by atoms with E-state index in [0.29, 0.717) is 13.2 Å². The normalized spacial score (nSPS) is 12.1. The van der Waals surface area contributed by atoms with E-state index < -0.39 is 0 Å². The van der Waals surface area contributed by atoms with Crippen LogP contribution in [0.2, 0.25) is 0 Å². The summed E-state index contributed by atoms with van der Waals surface area (Å²) in [4.78, 5) is 12.1. The quantitative estimate of drug-likeness (QED) is 0.771. The molecule has 0 spiro atoms. The van der Waals surface area contributed by atoms with Gasteiger partial charge < -0.3 is 10.5 Å². The molecular weight excluding hydrogens is 286 g/mol. The molecule has 0 aliphatic rings. The minimum atomic E-state index is 0.0230. The molecule has 3 nitrogen and oxygen atoms in total. The maximum atomic E-state index is 12.1. The number of Topliss-reactive ketones (excluding diaryl/α,β-unsaturated/α-hetero) is 1. The summed E-state index contributed by atoms with van der Waals surface area (Å²) in [5.74, 6) is 0.189. The molecule has 0 unspecified atom stereocenters. The third-order valence-electron chi connectivity index (χ3n) is 4.03. The lowest BCUT2D eigenvalue weighted by Gasteiger charge is -2.11. The Balaban J connectivity index is 1.69. The van der Waals surface area contributed by atoms with Crippen molar-refractivity contribution in [3.8, 4) is 0 Å². The van der Waals surface area contributed by atoms with Gasteiger partial charge in [-0.1, -0.05) is 61.5 Å². The van der Waals surface area contributed by atoms with Gasteiger partial charge in [-0.15, -0.1) is 0 Å². The van der Waals surface area contributed by atoms with E-state index in [4.69, 9.17) is 10.5 Å². The van der Waals surface area contributed by atoms with Gasteiger partial charge in [0.2, 0.25) is 0 Å². The summed E-state index contributed by atoms with van der Waals surface area (Å²) in [5.41, 5.74) is 9.00. The highest BCUT2D eigenvalue weighted by Crippen LogP contribution is 2.11. The van der Waals surface area contributed by atoms with Crippen molar-refractivity contribution in [1.29, 1.82) is 0 Å². The van der Waals surface area contributed by atoms with Gasteiger partial charge in [0, 0.05) is 12.5 Å². The van der Waals surface area contributed by atoms with Crippen molar-refractivity contribution >= 4 is 5.78 Å². The second kappa shape index (κ2) is 9.23. The lowest BCUT2D eigenvalue weighted by atomic mass is 9.98. The molecule has 0 amide bonds. The molecule has 23 heavy (non-hydrogen) atoms. The fourth-order valence-corrected chi connectivity index (χ4v) is 2.37. The molecule has 1 atom stereocenters. The summed E-state index contributed by atoms with van der Waals surface area (Å²) in [6.07, 6.45) is 1.78. The zero-order chi connectivity index (χ0) is 16.5. The lowest BCUT2D eigenvalue weighted by Crippen LogP contribution is -2.18. The van der Waals surface area contributed by atoms with Gasteiger partial charge in [0.15, 0.2) is 5.78 Å². The van der Waals surface area contributed by atoms with Crippen molar-refractivity contribution in [2.45, 2.75) is 32.9 Å². The molecular formula is C20H25NO2. The highest BCUT2D eigenvalue weighted by atomic mass is 16.5. The molecule has 2 aromatic rings. The van der Waals surface area contributed by atoms with Gasteiger partial charge in [-0.25, -0.2) is 0 Å². The molecule has 0 bridgehead atoms. The average Bonchev–Trinajstić information content (AvgIpc) is 2.61. The first-order chi connectivity index (χ1) is 11.2. The number of aryl methyl sites for hydroxylation is 1. The molecule has 0 radical (unpaired) electrons. The van der Waals surface area contributed by atoms with E-state index in [1.54, 1.807) is 0 Å². The van der Waals surface area contributed by atoms with E-state index in [1.807, 2.05) is 49.4 Å². The minimum absolute atomic E-state index is 0.0230. The molecule has 2 N–H and O–H groups in total. The van der Waals surface area contributed by atoms with Crippen LogP contribution in [-0.4, -0.2) is 12.4 Å². The number of ether oxygens (including phenoxy) is 1. The Hall–Kier alpha value is -1.97. The molecule has 0 heterocycles. The third-order valence-corrected chi connectivity index (χ3v) is 4.03. The highest BCUT2D eigenvalue weighted by Gasteiger charge is 2.13. The lowest BCUT2D eigenvalue weighted by molar-refractivity contribution is -0.127. The van der Waals surface area contributed by atoms with Gasteiger partial charge in [-0.2, -0.15) is 0 Å². The Kier molecular flexibility index (Phi) is 6.98. The maximum Gasteiger partial charge on any atom is 0.161 e. The van der Waals surface area contributed by atoms with E-state index in [1.165, 1.54) is 5.56 Å². The number of carbonyl (C=O) groups is 1. The van der Waals surface area contributed by atoms with Crippen LogP contribution < -0.4 is 5.73 Å². The Labute approximate surface area is 138 Å². The monoisotopic (exact) mass is 311 g/mol. The van der Waals surface area contributed by atoms with Gasteiger partial charge in [-0.05, 0) is 29.5 Å². The second-order valence-electron chi connectivity index (χ2n) is 5.91. The third kappa shape index (κ3) is 5.97. The smallest absolute Gasteiger partial charge is 0.161 e. The van der Waals surface area contributed by atoms with Crippen LogP contribution in [0.3, 0.4) is 0 Å². The Morgan fingerprint density at radius 2 is 1.65 bits per heavy atom. The molecule has 0 aromatic heterocycles. The summed E-state index contributed by atoms with van der Waals surface area (Å²) < 4.78 is 5.55. The number of hydrogen-bond donors (Lipinski definition) is 1. The molecule has 0 aliphatic carbocycles. The van der Waals surface area contributed by atoms with Crippen molar-refractivity contribution in [2.75, 3.05) is 6.61 Å². The van der Waals surface area contributed by atoms with Gasteiger partial charge in [0.1, 0.15) is 6.61 Å². The van der Waals surface area contributed by atoms with Gasteiger partial charge in [-0.3, -0.25) is 4.79 Å². The van der Waals surface area contributed by atoms with Crippen LogP contribution in [-0.2, 0) is 29.1 Å². The van der Waals surface area contributed by atoms with Crippen LogP contribution in [0, 0.1) is 5.92 Å². The summed E-state index contributed by atoms with van der Waals surface area (Å²) in [5, 5.41) is 0. The van der Waals surface area contributed by atoms with E-state index in [2.05, 4.69) is 12.1 Å². The predicted octanol–water partition coefficient (Wildman–Crippen LogP) is 3.50. The van der Waals surface area contributed by atoms with Crippen LogP contribution in [0.1, 0.15) is 30.0 Å². The van der Waals surface area contributed by atoms with Crippen molar-refractivity contribution in [2.24, 2.45) is 11.7 Å². The SMILES string of the molecule is C[C@H](CCc1ccccc1)C(=O)COCc1ccc(CN)cc1. The molecule has 3 heteroatoms. The first kappa shape index (κ1) is 17.4. The first-order valence-corrected chi connectivity index (χ1v) is 8.11. The summed E-state index contributed by atoms with van der Waals surface area (Å²) in [7, 11) is 0. The summed E-state index contributed by atoms with van der Waals surface area (Å²) >= 11 is 0. The number of ketones is 1. The average molecular weight is 311 g/mol. The van der Waals surface area contributed by atoms with E-state index in [9.17, 15) is 4.79 Å². The molecule has 0 fully saturated rings. The number of carbonyl (C=O) groups excluding carboxylic acids is 1. The van der Waals surface area contributed by atoms with Gasteiger partial charge in [0.05, 0.1) is 6.61 Å². The Morgan fingerprint density at radius 3 is 2.30 bits per heavy atom. The number of nitrogens with two attached hydrogens (primary N) is 1. The minimum Gasteiger partial charge on any atom is -0.369 e. The highest BCUT2D eigenvalue weighted by molar-refractivity contribution is 5.81. The fraction of sp³-hybridized carbons (Fsp3) is 0.350. The van der Waals surface area contributed by atoms with Crippen LogP contribution >= 0.6 is 0 Å². The molecule has 2 rings (SSSR count). The van der Waals surface area contributed by atoms with Gasteiger partial charge >= 0.3 is 0 Å². The zero-order valence-corrected chi connectivity index (χ0v) is 13.7. The zero-order valence-electron chi connectivity index (χ0n) is 13.7. The molecule has 0 saturated heterocycles. The van der Waals surface area contributed by atoms with Crippen molar-refractivity contribution in [3.05, 3.63) is 71.3 Å². The van der Waals surface area contributed by atoms with Crippen molar-refractivity contribution < 1.29 is 9.53 Å². The molecule has 122 valence electrons. The molecule has 2 aromatic carbocycles. The van der Waals surface area contributed by atoms with Crippen molar-refractivity contribution in [3.63, 3.8) is 0 Å². The number of rotatable bonds is 9. The number of hydrogen-bond acceptors (Lipinski definition) is 3. The Morgan fingerprint density at radius 1 is 1.00 bits per heavy atom. The van der Waals surface area contributed by atoms with Gasteiger partial charge in [0.25, 0.3) is 0 Å². The van der Waals surface area contributed by atoms with Crippen molar-refractivity contribution in [1.82, 2.24) is 0 Å². The summed E-state index contributed by atoms with van der Waals surface area (Å²) in [6, 6.07) is 18.2. The molecule has 0 saturated carbocycles. The maximum absolute atomic E-state index is 12.1. The molecule has 0 aliphatic heterocycles. The number of benzene rings is 2. The predicted molar refractivity (Wildman–Crippen MR) is 92.9 cm³/mol. The largest absolute Gasteiger partial charge is 0.369 e. The standard InChI is InChI=1S/C20H25NO2/c1-16(7-8-17-5-3-2-4-6-17)20(22)15-23-14-19-11-9-18(13-21)10-12-19/h2-6,9-12,16H,7-8,13-15,21H2,1H3/t16-/m1/s1. The van der Waals surface area contributed by atoms with Crippen LogP contribution in [0.25, 0.3) is 0 Å². The first-order valence-electron chi connectivity index (χ1n) is 8.11. The van der Waals surface area contributed by atoms with E-state index >= 15 is 0 Å². The van der Waals surface area contributed by atoms with E-state index in [0.717, 1.165) is 24.0 Å². The van der Waals surface area contributed by atoms with E-state index in [-0.39, 0.29) is 18.3 Å². The second-order valence-corrected chi connectivity index (χ2v) is 5.91. The topological polar surface area (TPSA) is 52.3 Å².